The van der Waals surface area contributed by atoms with Gasteiger partial charge in [-0.3, -0.25) is 0 Å². The maximum atomic E-state index is 9.75. The Labute approximate surface area is 60.4 Å². The molecule has 0 saturated heterocycles. The van der Waals surface area contributed by atoms with Crippen molar-refractivity contribution in [3.8, 4) is 0 Å². The van der Waals surface area contributed by atoms with E-state index < -0.39 is 5.97 Å². The van der Waals surface area contributed by atoms with E-state index in [-0.39, 0.29) is 19.0 Å². The summed E-state index contributed by atoms with van der Waals surface area (Å²) < 4.78 is 4.64. The molecule has 0 unspecified atom stereocenters. The second-order valence-corrected chi connectivity index (χ2v) is 1.45. The number of hydrogen-bond acceptors (Lipinski definition) is 2. The van der Waals surface area contributed by atoms with Crippen molar-refractivity contribution in [1.82, 2.24) is 0 Å². The third kappa shape index (κ3) is 11.3. The minimum absolute atomic E-state index is 0. The molecule has 3 nitrogen and oxygen atoms in total. The van der Waals surface area contributed by atoms with Gasteiger partial charge >= 0.3 is 5.97 Å². The van der Waals surface area contributed by atoms with Crippen molar-refractivity contribution in [2.24, 2.45) is 0 Å². The molecule has 0 bridgehead atoms. The lowest BCUT2D eigenvalue weighted by Gasteiger charge is -1.94. The Kier molecular flexibility index (Phi) is 9.87. The van der Waals surface area contributed by atoms with Crippen LogP contribution in [0.5, 0.6) is 0 Å². The second kappa shape index (κ2) is 7.72. The summed E-state index contributed by atoms with van der Waals surface area (Å²) in [5.41, 5.74) is 0. The molecule has 0 aliphatic rings. The van der Waals surface area contributed by atoms with Crippen LogP contribution in [0.2, 0.25) is 0 Å². The van der Waals surface area contributed by atoms with E-state index in [1.807, 2.05) is 6.92 Å². The molecule has 0 radical (unpaired) electrons. The number of carboxylic acids is 1. The van der Waals surface area contributed by atoms with Gasteiger partial charge in [0.15, 0.2) is 0 Å². The normalized spacial score (nSPS) is 8.11. The van der Waals surface area contributed by atoms with E-state index in [4.69, 9.17) is 5.11 Å². The van der Waals surface area contributed by atoms with Crippen molar-refractivity contribution in [2.45, 2.75) is 13.3 Å². The van der Waals surface area contributed by atoms with Crippen molar-refractivity contribution in [2.75, 3.05) is 13.2 Å². The predicted molar refractivity (Wildman–Crippen MR) is 36.0 cm³/mol. The van der Waals surface area contributed by atoms with Crippen LogP contribution in [-0.2, 0) is 9.53 Å². The summed E-state index contributed by atoms with van der Waals surface area (Å²) in [7, 11) is 0. The van der Waals surface area contributed by atoms with Gasteiger partial charge in [0, 0.05) is 6.61 Å². The number of ether oxygens (including phenoxy) is 1. The van der Waals surface area contributed by atoms with Gasteiger partial charge in [0.2, 0.25) is 0 Å². The van der Waals surface area contributed by atoms with Crippen molar-refractivity contribution in [3.05, 3.63) is 0 Å². The lowest BCUT2D eigenvalue weighted by Crippen LogP contribution is -2.06. The van der Waals surface area contributed by atoms with E-state index in [0.29, 0.717) is 6.61 Å². The zero-order valence-corrected chi connectivity index (χ0v) is 6.11. The Morgan fingerprint density at radius 3 is 2.56 bits per heavy atom. The molecule has 0 aliphatic heterocycles. The van der Waals surface area contributed by atoms with Crippen molar-refractivity contribution in [1.29, 1.82) is 0 Å². The monoisotopic (exact) mass is 154 g/mol. The van der Waals surface area contributed by atoms with Crippen LogP contribution >= 0.6 is 12.4 Å². The number of hydrogen-bond donors (Lipinski definition) is 1. The molecule has 0 aliphatic carbocycles. The summed E-state index contributed by atoms with van der Waals surface area (Å²) in [4.78, 5) is 9.75. The number of carboxylic acid groups (broad SMARTS) is 1. The van der Waals surface area contributed by atoms with E-state index in [1.165, 1.54) is 0 Å². The Balaban J connectivity index is 0. The molecular weight excluding hydrogens is 144 g/mol. The molecule has 0 saturated carbocycles. The fourth-order valence-electron chi connectivity index (χ4n) is 0.304. The standard InChI is InChI=1S/C5H10O3.ClH/c1-2-3-8-4-5(6)7;/h2-4H2,1H3,(H,6,7);1H. The van der Waals surface area contributed by atoms with Gasteiger partial charge in [-0.1, -0.05) is 6.92 Å². The van der Waals surface area contributed by atoms with Gasteiger partial charge in [-0.05, 0) is 6.42 Å². The average molecular weight is 155 g/mol. The molecule has 1 N–H and O–H groups in total. The maximum absolute atomic E-state index is 9.75. The number of rotatable bonds is 4. The molecule has 56 valence electrons. The van der Waals surface area contributed by atoms with Crippen LogP contribution in [0.25, 0.3) is 0 Å². The minimum atomic E-state index is -0.904. The Bertz CT molecular complexity index is 74.6. The van der Waals surface area contributed by atoms with Gasteiger partial charge in [0.25, 0.3) is 0 Å². The quantitative estimate of drug-likeness (QED) is 0.613. The fourth-order valence-corrected chi connectivity index (χ4v) is 0.304. The molecule has 0 aromatic carbocycles. The number of aliphatic carboxylic acids is 1. The number of carbonyl (C=O) groups is 1. The van der Waals surface area contributed by atoms with Crippen molar-refractivity contribution < 1.29 is 14.6 Å². The van der Waals surface area contributed by atoms with Crippen LogP contribution in [0, 0.1) is 0 Å². The Morgan fingerprint density at radius 2 is 2.22 bits per heavy atom. The highest BCUT2D eigenvalue weighted by molar-refractivity contribution is 5.85. The zero-order chi connectivity index (χ0) is 6.41. The molecule has 0 fully saturated rings. The van der Waals surface area contributed by atoms with Gasteiger partial charge in [0.1, 0.15) is 6.61 Å². The van der Waals surface area contributed by atoms with Gasteiger partial charge < -0.3 is 9.84 Å². The fraction of sp³-hybridized carbons (Fsp3) is 0.800. The molecule has 0 heterocycles. The van der Waals surface area contributed by atoms with Crippen LogP contribution in [0.3, 0.4) is 0 Å². The summed E-state index contributed by atoms with van der Waals surface area (Å²) in [6.07, 6.45) is 0.868. The third-order valence-corrected chi connectivity index (χ3v) is 0.574. The van der Waals surface area contributed by atoms with Crippen LogP contribution in [0.1, 0.15) is 13.3 Å². The molecule has 4 heteroatoms. The summed E-state index contributed by atoms with van der Waals surface area (Å²) in [5, 5.41) is 8.02. The number of halogens is 1. The van der Waals surface area contributed by atoms with E-state index in [9.17, 15) is 4.79 Å². The zero-order valence-electron chi connectivity index (χ0n) is 5.29. The van der Waals surface area contributed by atoms with E-state index in [1.54, 1.807) is 0 Å². The first-order valence-electron chi connectivity index (χ1n) is 2.57. The van der Waals surface area contributed by atoms with E-state index in [0.717, 1.165) is 6.42 Å². The van der Waals surface area contributed by atoms with E-state index in [2.05, 4.69) is 4.74 Å². The first-order valence-corrected chi connectivity index (χ1v) is 2.57. The molecule has 0 rings (SSSR count). The van der Waals surface area contributed by atoms with Crippen molar-refractivity contribution >= 4 is 18.4 Å². The minimum Gasteiger partial charge on any atom is -0.480 e. The highest BCUT2D eigenvalue weighted by atomic mass is 35.5. The molecule has 0 amide bonds. The highest BCUT2D eigenvalue weighted by Gasteiger charge is 1.92. The first kappa shape index (κ1) is 11.5. The summed E-state index contributed by atoms with van der Waals surface area (Å²) >= 11 is 0. The highest BCUT2D eigenvalue weighted by Crippen LogP contribution is 1.78. The van der Waals surface area contributed by atoms with Gasteiger partial charge in [-0.15, -0.1) is 12.4 Å². The average Bonchev–Trinajstić information content (AvgIpc) is 1.66. The molecule has 9 heavy (non-hydrogen) atoms. The van der Waals surface area contributed by atoms with Crippen LogP contribution in [-0.4, -0.2) is 24.3 Å². The Hall–Kier alpha value is -0.280. The van der Waals surface area contributed by atoms with E-state index >= 15 is 0 Å². The van der Waals surface area contributed by atoms with Gasteiger partial charge in [-0.25, -0.2) is 4.79 Å². The SMILES string of the molecule is CCCOCC(=O)O.Cl. The third-order valence-electron chi connectivity index (χ3n) is 0.574. The van der Waals surface area contributed by atoms with Crippen LogP contribution in [0.15, 0.2) is 0 Å². The topological polar surface area (TPSA) is 46.5 Å². The largest absolute Gasteiger partial charge is 0.480 e. The second-order valence-electron chi connectivity index (χ2n) is 1.45. The maximum Gasteiger partial charge on any atom is 0.329 e. The molecule has 0 aromatic rings. The molecule has 0 spiro atoms. The molecule has 0 atom stereocenters. The van der Waals surface area contributed by atoms with Crippen molar-refractivity contribution in [3.63, 3.8) is 0 Å². The van der Waals surface area contributed by atoms with Crippen LogP contribution in [0.4, 0.5) is 0 Å². The van der Waals surface area contributed by atoms with Gasteiger partial charge in [-0.2, -0.15) is 0 Å². The first-order chi connectivity index (χ1) is 3.77. The lowest BCUT2D eigenvalue weighted by molar-refractivity contribution is -0.142. The summed E-state index contributed by atoms with van der Waals surface area (Å²) in [5.74, 6) is -0.904. The lowest BCUT2D eigenvalue weighted by atomic mass is 10.5. The Morgan fingerprint density at radius 1 is 1.67 bits per heavy atom. The van der Waals surface area contributed by atoms with Crippen LogP contribution < -0.4 is 0 Å². The van der Waals surface area contributed by atoms with Gasteiger partial charge in [0.05, 0.1) is 0 Å². The predicted octanol–water partition coefficient (Wildman–Crippen LogP) is 0.919. The smallest absolute Gasteiger partial charge is 0.329 e. The summed E-state index contributed by atoms with van der Waals surface area (Å²) in [6, 6.07) is 0. The summed E-state index contributed by atoms with van der Waals surface area (Å²) in [6.45, 7) is 2.29. The molecular formula is C5H11ClO3. The molecule has 0 aromatic heterocycles.